The van der Waals surface area contributed by atoms with Crippen LogP contribution in [0.3, 0.4) is 0 Å². The number of nitrogens with zero attached hydrogens (tertiary/aromatic N) is 2. The molecule has 0 unspecified atom stereocenters. The van der Waals surface area contributed by atoms with Gasteiger partial charge < -0.3 is 15.3 Å². The van der Waals surface area contributed by atoms with E-state index in [2.05, 4.69) is 41.9 Å². The third-order valence-corrected chi connectivity index (χ3v) is 10.8. The molecule has 0 radical (unpaired) electrons. The van der Waals surface area contributed by atoms with E-state index < -0.39 is 29.5 Å². The fourth-order valence-electron chi connectivity index (χ4n) is 9.17. The molecule has 0 bridgehead atoms. The molecule has 4 aliphatic rings. The summed E-state index contributed by atoms with van der Waals surface area (Å²) in [5.74, 6) is -0.301. The van der Waals surface area contributed by atoms with Crippen molar-refractivity contribution in [3.05, 3.63) is 58.9 Å². The van der Waals surface area contributed by atoms with Gasteiger partial charge in [-0.15, -0.1) is 0 Å². The predicted octanol–water partition coefficient (Wildman–Crippen LogP) is 3.62. The number of aliphatic hydroxyl groups excluding tert-OH is 2. The Morgan fingerprint density at radius 1 is 1.22 bits per heavy atom. The molecule has 3 N–H and O–H groups in total. The van der Waals surface area contributed by atoms with Crippen LogP contribution in [-0.2, 0) is 17.8 Å². The van der Waals surface area contributed by atoms with Crippen molar-refractivity contribution in [2.45, 2.75) is 71.1 Å². The Morgan fingerprint density at radius 3 is 2.69 bits per heavy atom. The number of benzene rings is 1. The van der Waals surface area contributed by atoms with Gasteiger partial charge in [0, 0.05) is 5.41 Å². The second kappa shape index (κ2) is 8.11. The molecular formula is C30H38N2O4. The van der Waals surface area contributed by atoms with Gasteiger partial charge in [0.2, 0.25) is 0 Å². The normalized spacial score (nSPS) is 41.1. The summed E-state index contributed by atoms with van der Waals surface area (Å²) in [6.45, 7) is 6.30. The predicted molar refractivity (Wildman–Crippen MR) is 137 cm³/mol. The molecule has 0 saturated heterocycles. The standard InChI is InChI=1S/C30H38N2O4/c1-18-11-23-22-10-9-21-12-24-20(15-31-32(24)16-19-7-5-4-6-8-19)13-28(21,2)27(22)25(34)14-29(23,3)30(18,36)26(35)17-33/h4-8,12,15,18,22-23,25,27,33-34,36H,9-11,13-14,16-17H2,1-3H3/t18-,22+,23+,25+,27-,28+,29+,30+/m1/s1. The highest BCUT2D eigenvalue weighted by atomic mass is 16.3. The Kier molecular flexibility index (Phi) is 5.42. The first-order chi connectivity index (χ1) is 17.1. The van der Waals surface area contributed by atoms with Gasteiger partial charge in [0.25, 0.3) is 0 Å². The largest absolute Gasteiger partial charge is 0.393 e. The highest BCUT2D eigenvalue weighted by Gasteiger charge is 2.70. The number of allylic oxidation sites excluding steroid dienone is 1. The first-order valence-corrected chi connectivity index (χ1v) is 13.5. The minimum absolute atomic E-state index is 0.0694. The van der Waals surface area contributed by atoms with Gasteiger partial charge in [-0.05, 0) is 78.4 Å². The highest BCUT2D eigenvalue weighted by molar-refractivity contribution is 5.90. The molecule has 0 spiro atoms. The molecule has 1 aromatic heterocycles. The molecule has 3 fully saturated rings. The molecular weight excluding hydrogens is 452 g/mol. The lowest BCUT2D eigenvalue weighted by Gasteiger charge is -2.60. The van der Waals surface area contributed by atoms with E-state index in [1.165, 1.54) is 22.4 Å². The van der Waals surface area contributed by atoms with E-state index in [1.54, 1.807) is 0 Å². The second-order valence-electron chi connectivity index (χ2n) is 12.5. The van der Waals surface area contributed by atoms with Gasteiger partial charge in [0.05, 0.1) is 24.5 Å². The van der Waals surface area contributed by atoms with Crippen molar-refractivity contribution in [1.29, 1.82) is 0 Å². The Hall–Kier alpha value is -2.28. The van der Waals surface area contributed by atoms with Gasteiger partial charge in [-0.3, -0.25) is 9.48 Å². The zero-order chi connectivity index (χ0) is 25.5. The van der Waals surface area contributed by atoms with Crippen LogP contribution in [0, 0.1) is 34.5 Å². The molecule has 6 rings (SSSR count). The molecule has 6 heteroatoms. The maximum absolute atomic E-state index is 12.8. The average molecular weight is 491 g/mol. The van der Waals surface area contributed by atoms with E-state index in [0.717, 1.165) is 32.2 Å². The smallest absolute Gasteiger partial charge is 0.190 e. The lowest BCUT2D eigenvalue weighted by atomic mass is 9.45. The van der Waals surface area contributed by atoms with Gasteiger partial charge in [-0.25, -0.2) is 0 Å². The first-order valence-electron chi connectivity index (χ1n) is 13.5. The summed E-state index contributed by atoms with van der Waals surface area (Å²) < 4.78 is 2.09. The minimum atomic E-state index is -1.59. The van der Waals surface area contributed by atoms with Crippen LogP contribution in [-0.4, -0.2) is 49.2 Å². The van der Waals surface area contributed by atoms with E-state index in [9.17, 15) is 20.1 Å². The zero-order valence-electron chi connectivity index (χ0n) is 21.5. The van der Waals surface area contributed by atoms with Crippen LogP contribution >= 0.6 is 0 Å². The third kappa shape index (κ3) is 3.07. The molecule has 4 aliphatic carbocycles. The number of Topliss-reactive ketones (excluding diaryl/α,β-unsaturated/α-hetero) is 1. The van der Waals surface area contributed by atoms with Crippen LogP contribution in [0.15, 0.2) is 42.1 Å². The van der Waals surface area contributed by atoms with Crippen molar-refractivity contribution < 1.29 is 20.1 Å². The summed E-state index contributed by atoms with van der Waals surface area (Å²) in [5, 5.41) is 37.8. The second-order valence-corrected chi connectivity index (χ2v) is 12.5. The van der Waals surface area contributed by atoms with Gasteiger partial charge >= 0.3 is 0 Å². The molecule has 1 heterocycles. The molecule has 1 aromatic carbocycles. The Morgan fingerprint density at radius 2 is 1.97 bits per heavy atom. The third-order valence-electron chi connectivity index (χ3n) is 10.8. The average Bonchev–Trinajstić information content (AvgIpc) is 3.32. The fraction of sp³-hybridized carbons (Fsp3) is 0.600. The van der Waals surface area contributed by atoms with Gasteiger partial charge in [0.1, 0.15) is 12.2 Å². The van der Waals surface area contributed by atoms with Crippen LogP contribution in [0.25, 0.3) is 6.08 Å². The Bertz CT molecular complexity index is 1220. The van der Waals surface area contributed by atoms with E-state index in [-0.39, 0.29) is 29.1 Å². The van der Waals surface area contributed by atoms with E-state index in [0.29, 0.717) is 6.42 Å². The molecule has 192 valence electrons. The Balaban J connectivity index is 1.34. The van der Waals surface area contributed by atoms with Crippen LogP contribution in [0.4, 0.5) is 0 Å². The lowest BCUT2D eigenvalue weighted by molar-refractivity contribution is -0.186. The zero-order valence-corrected chi connectivity index (χ0v) is 21.5. The number of aromatic nitrogens is 2. The summed E-state index contributed by atoms with van der Waals surface area (Å²) >= 11 is 0. The number of hydrogen-bond donors (Lipinski definition) is 3. The Labute approximate surface area is 213 Å². The number of rotatable bonds is 4. The van der Waals surface area contributed by atoms with Crippen LogP contribution in [0.2, 0.25) is 0 Å². The van der Waals surface area contributed by atoms with E-state index in [1.807, 2.05) is 26.1 Å². The maximum atomic E-state index is 12.8. The maximum Gasteiger partial charge on any atom is 0.190 e. The topological polar surface area (TPSA) is 95.6 Å². The number of carbonyl (C=O) groups is 1. The van der Waals surface area contributed by atoms with Crippen molar-refractivity contribution in [1.82, 2.24) is 9.78 Å². The molecule has 0 aliphatic heterocycles. The van der Waals surface area contributed by atoms with Crippen molar-refractivity contribution in [3.8, 4) is 0 Å². The number of ketones is 1. The number of fused-ring (bicyclic) bond motifs is 6. The highest BCUT2D eigenvalue weighted by Crippen LogP contribution is 2.68. The summed E-state index contributed by atoms with van der Waals surface area (Å²) in [5.41, 5.74) is 2.52. The number of carbonyl (C=O) groups excluding carboxylic acids is 1. The van der Waals surface area contributed by atoms with Gasteiger partial charge in [0.15, 0.2) is 5.78 Å². The quantitative estimate of drug-likeness (QED) is 0.608. The van der Waals surface area contributed by atoms with Crippen molar-refractivity contribution in [3.63, 3.8) is 0 Å². The molecule has 36 heavy (non-hydrogen) atoms. The van der Waals surface area contributed by atoms with E-state index in [4.69, 9.17) is 5.10 Å². The molecule has 6 nitrogen and oxygen atoms in total. The SMILES string of the molecule is C[C@@H]1C[C@H]2[C@@H]3CCC4=Cc5c(cnn5Cc5ccccc5)C[C@]4(C)[C@H]3[C@@H](O)C[C@]2(C)[C@@]1(O)C(=O)CO. The monoisotopic (exact) mass is 490 g/mol. The van der Waals surface area contributed by atoms with Gasteiger partial charge in [-0.1, -0.05) is 56.7 Å². The first kappa shape index (κ1) is 24.1. The van der Waals surface area contributed by atoms with Crippen molar-refractivity contribution in [2.75, 3.05) is 6.61 Å². The van der Waals surface area contributed by atoms with Crippen LogP contribution < -0.4 is 0 Å². The fourth-order valence-corrected chi connectivity index (χ4v) is 9.17. The van der Waals surface area contributed by atoms with Crippen molar-refractivity contribution >= 4 is 11.9 Å². The molecule has 8 atom stereocenters. The summed E-state index contributed by atoms with van der Waals surface area (Å²) in [6.07, 6.45) is 7.59. The summed E-state index contributed by atoms with van der Waals surface area (Å²) in [7, 11) is 0. The molecule has 3 saturated carbocycles. The minimum Gasteiger partial charge on any atom is -0.393 e. The van der Waals surface area contributed by atoms with Crippen LogP contribution in [0.5, 0.6) is 0 Å². The molecule has 2 aromatic rings. The van der Waals surface area contributed by atoms with Crippen LogP contribution in [0.1, 0.15) is 63.3 Å². The molecule has 0 amide bonds. The lowest BCUT2D eigenvalue weighted by Crippen LogP contribution is -2.63. The van der Waals surface area contributed by atoms with Gasteiger partial charge in [-0.2, -0.15) is 5.10 Å². The number of aliphatic hydroxyl groups is 3. The number of hydrogen-bond acceptors (Lipinski definition) is 5. The van der Waals surface area contributed by atoms with Crippen molar-refractivity contribution in [2.24, 2.45) is 34.5 Å². The summed E-state index contributed by atoms with van der Waals surface area (Å²) in [6, 6.07) is 10.4. The summed E-state index contributed by atoms with van der Waals surface area (Å²) in [4.78, 5) is 12.8. The van der Waals surface area contributed by atoms with E-state index >= 15 is 0 Å².